The van der Waals surface area contributed by atoms with E-state index in [1.54, 1.807) is 0 Å². The molecule has 2 atom stereocenters. The first-order valence-electron chi connectivity index (χ1n) is 6.84. The second-order valence-corrected chi connectivity index (χ2v) is 5.75. The molecule has 1 heterocycles. The Balaban J connectivity index is 1.88. The van der Waals surface area contributed by atoms with E-state index < -0.39 is 0 Å². The van der Waals surface area contributed by atoms with Gasteiger partial charge in [-0.3, -0.25) is 0 Å². The smallest absolute Gasteiger partial charge is 0.121 e. The van der Waals surface area contributed by atoms with Crippen LogP contribution in [0.1, 0.15) is 39.8 Å². The van der Waals surface area contributed by atoms with Crippen LogP contribution in [0.2, 0.25) is 0 Å². The first kappa shape index (κ1) is 10.9. The molecule has 2 aromatic carbocycles. The standard InChI is InChI=1S/C17H17NO/c1-9-7-13-12(10(2)17(9)19)8-14-11-5-3-4-6-15(11)18-16(13)14/h3-7,14,16,18-19H,8H2,1-2H3/t14-,16-/m0/s1. The van der Waals surface area contributed by atoms with Crippen molar-refractivity contribution in [3.05, 3.63) is 58.1 Å². The minimum Gasteiger partial charge on any atom is -0.507 e. The van der Waals surface area contributed by atoms with Crippen LogP contribution >= 0.6 is 0 Å². The Morgan fingerprint density at radius 3 is 2.79 bits per heavy atom. The molecule has 0 saturated carbocycles. The maximum Gasteiger partial charge on any atom is 0.121 e. The van der Waals surface area contributed by atoms with Gasteiger partial charge in [-0.2, -0.15) is 0 Å². The third kappa shape index (κ3) is 1.31. The minimum absolute atomic E-state index is 0.380. The van der Waals surface area contributed by atoms with Gasteiger partial charge in [-0.25, -0.2) is 0 Å². The predicted molar refractivity (Wildman–Crippen MR) is 76.8 cm³/mol. The fraction of sp³-hybridized carbons (Fsp3) is 0.294. The van der Waals surface area contributed by atoms with E-state index in [0.29, 0.717) is 17.7 Å². The monoisotopic (exact) mass is 251 g/mol. The first-order valence-corrected chi connectivity index (χ1v) is 6.84. The molecule has 2 N–H and O–H groups in total. The summed E-state index contributed by atoms with van der Waals surface area (Å²) < 4.78 is 0. The topological polar surface area (TPSA) is 32.3 Å². The van der Waals surface area contributed by atoms with Gasteiger partial charge < -0.3 is 10.4 Å². The lowest BCUT2D eigenvalue weighted by Crippen LogP contribution is -2.05. The zero-order valence-corrected chi connectivity index (χ0v) is 11.2. The molecular weight excluding hydrogens is 234 g/mol. The van der Waals surface area contributed by atoms with Crippen LogP contribution in [0, 0.1) is 13.8 Å². The van der Waals surface area contributed by atoms with Gasteiger partial charge in [0.25, 0.3) is 0 Å². The highest BCUT2D eigenvalue weighted by atomic mass is 16.3. The molecule has 0 unspecified atom stereocenters. The normalized spacial score (nSPS) is 22.6. The summed E-state index contributed by atoms with van der Waals surface area (Å²) in [5.41, 5.74) is 7.43. The van der Waals surface area contributed by atoms with Crippen molar-refractivity contribution in [1.82, 2.24) is 0 Å². The van der Waals surface area contributed by atoms with Crippen molar-refractivity contribution in [1.29, 1.82) is 0 Å². The number of fused-ring (bicyclic) bond motifs is 5. The average Bonchev–Trinajstić information content (AvgIpc) is 2.93. The lowest BCUT2D eigenvalue weighted by atomic mass is 9.96. The molecule has 0 saturated heterocycles. The van der Waals surface area contributed by atoms with Crippen molar-refractivity contribution in [2.45, 2.75) is 32.2 Å². The van der Waals surface area contributed by atoms with Crippen LogP contribution in [-0.4, -0.2) is 5.11 Å². The lowest BCUT2D eigenvalue weighted by Gasteiger charge is -2.14. The van der Waals surface area contributed by atoms with E-state index in [1.165, 1.54) is 22.4 Å². The molecule has 0 spiro atoms. The third-order valence-electron chi connectivity index (χ3n) is 4.73. The highest BCUT2D eigenvalue weighted by molar-refractivity contribution is 5.66. The molecule has 1 aliphatic carbocycles. The van der Waals surface area contributed by atoms with Gasteiger partial charge in [-0.15, -0.1) is 0 Å². The maximum absolute atomic E-state index is 10.1. The molecule has 2 heteroatoms. The molecule has 2 nitrogen and oxygen atoms in total. The van der Waals surface area contributed by atoms with Gasteiger partial charge in [0.2, 0.25) is 0 Å². The fourth-order valence-corrected chi connectivity index (χ4v) is 3.73. The number of aryl methyl sites for hydroxylation is 1. The molecule has 19 heavy (non-hydrogen) atoms. The van der Waals surface area contributed by atoms with Crippen molar-refractivity contribution < 1.29 is 5.11 Å². The molecule has 4 rings (SSSR count). The predicted octanol–water partition coefficient (Wildman–Crippen LogP) is 3.82. The number of para-hydroxylation sites is 1. The molecule has 0 fully saturated rings. The third-order valence-corrected chi connectivity index (χ3v) is 4.73. The molecule has 0 amide bonds. The zero-order chi connectivity index (χ0) is 13.1. The zero-order valence-electron chi connectivity index (χ0n) is 11.2. The van der Waals surface area contributed by atoms with Crippen LogP contribution in [0.25, 0.3) is 0 Å². The summed E-state index contributed by atoms with van der Waals surface area (Å²) in [5, 5.41) is 13.8. The summed E-state index contributed by atoms with van der Waals surface area (Å²) in [6.07, 6.45) is 1.03. The maximum atomic E-state index is 10.1. The van der Waals surface area contributed by atoms with Crippen LogP contribution in [-0.2, 0) is 6.42 Å². The van der Waals surface area contributed by atoms with E-state index in [0.717, 1.165) is 17.5 Å². The van der Waals surface area contributed by atoms with Crippen LogP contribution in [0.3, 0.4) is 0 Å². The van der Waals surface area contributed by atoms with E-state index in [4.69, 9.17) is 0 Å². The molecule has 0 radical (unpaired) electrons. The Morgan fingerprint density at radius 1 is 1.16 bits per heavy atom. The molecule has 0 aromatic heterocycles. The van der Waals surface area contributed by atoms with Crippen molar-refractivity contribution in [3.8, 4) is 5.75 Å². The van der Waals surface area contributed by atoms with Crippen LogP contribution in [0.5, 0.6) is 5.75 Å². The number of phenolic OH excluding ortho intramolecular Hbond substituents is 1. The number of hydrogen-bond acceptors (Lipinski definition) is 2. The Labute approximate surface area is 113 Å². The van der Waals surface area contributed by atoms with E-state index >= 15 is 0 Å². The summed E-state index contributed by atoms with van der Waals surface area (Å²) >= 11 is 0. The summed E-state index contributed by atoms with van der Waals surface area (Å²) in [5.74, 6) is 0.984. The Hall–Kier alpha value is -1.96. The van der Waals surface area contributed by atoms with Crippen molar-refractivity contribution >= 4 is 5.69 Å². The number of nitrogens with one attached hydrogen (secondary N) is 1. The van der Waals surface area contributed by atoms with E-state index in [9.17, 15) is 5.11 Å². The van der Waals surface area contributed by atoms with Crippen LogP contribution < -0.4 is 5.32 Å². The Bertz CT molecular complexity index is 690. The second kappa shape index (κ2) is 3.53. The summed E-state index contributed by atoms with van der Waals surface area (Å²) in [7, 11) is 0. The molecule has 2 aromatic rings. The molecule has 1 aliphatic heterocycles. The first-order chi connectivity index (χ1) is 9.16. The molecule has 2 aliphatic rings. The SMILES string of the molecule is Cc1cc2c(c(C)c1O)C[C@H]1c3ccccc3N[C@@H]21. The van der Waals surface area contributed by atoms with Crippen LogP contribution in [0.4, 0.5) is 5.69 Å². The van der Waals surface area contributed by atoms with Gasteiger partial charge in [0.15, 0.2) is 0 Å². The average molecular weight is 251 g/mol. The van der Waals surface area contributed by atoms with Gasteiger partial charge >= 0.3 is 0 Å². The summed E-state index contributed by atoms with van der Waals surface area (Å²) in [6, 6.07) is 11.1. The number of hydrogen-bond donors (Lipinski definition) is 2. The number of phenols is 1. The van der Waals surface area contributed by atoms with E-state index in [2.05, 4.69) is 35.6 Å². The van der Waals surface area contributed by atoms with Crippen molar-refractivity contribution in [2.75, 3.05) is 5.32 Å². The molecule has 0 bridgehead atoms. The largest absolute Gasteiger partial charge is 0.507 e. The Morgan fingerprint density at radius 2 is 1.95 bits per heavy atom. The minimum atomic E-state index is 0.380. The lowest BCUT2D eigenvalue weighted by molar-refractivity contribution is 0.466. The molecule has 96 valence electrons. The van der Waals surface area contributed by atoms with Gasteiger partial charge in [0.05, 0.1) is 6.04 Å². The van der Waals surface area contributed by atoms with Crippen molar-refractivity contribution in [3.63, 3.8) is 0 Å². The second-order valence-electron chi connectivity index (χ2n) is 5.75. The van der Waals surface area contributed by atoms with Gasteiger partial charge in [-0.1, -0.05) is 24.3 Å². The number of anilines is 1. The number of aromatic hydroxyl groups is 1. The van der Waals surface area contributed by atoms with Crippen LogP contribution in [0.15, 0.2) is 30.3 Å². The quantitative estimate of drug-likeness (QED) is 0.746. The van der Waals surface area contributed by atoms with E-state index in [1.807, 2.05) is 13.8 Å². The highest BCUT2D eigenvalue weighted by Gasteiger charge is 2.40. The van der Waals surface area contributed by atoms with E-state index in [-0.39, 0.29) is 0 Å². The Kier molecular flexibility index (Phi) is 2.03. The van der Waals surface area contributed by atoms with Gasteiger partial charge in [-0.05, 0) is 54.2 Å². The van der Waals surface area contributed by atoms with Gasteiger partial charge in [0, 0.05) is 11.6 Å². The molecular formula is C17H17NO. The fourth-order valence-electron chi connectivity index (χ4n) is 3.73. The number of benzene rings is 2. The number of rotatable bonds is 0. The van der Waals surface area contributed by atoms with Crippen molar-refractivity contribution in [2.24, 2.45) is 0 Å². The van der Waals surface area contributed by atoms with Gasteiger partial charge in [0.1, 0.15) is 5.75 Å². The summed E-state index contributed by atoms with van der Waals surface area (Å²) in [6.45, 7) is 4.02. The summed E-state index contributed by atoms with van der Waals surface area (Å²) in [4.78, 5) is 0. The highest BCUT2D eigenvalue weighted by Crippen LogP contribution is 2.53.